The van der Waals surface area contributed by atoms with Gasteiger partial charge in [0.25, 0.3) is 12.1 Å². The minimum atomic E-state index is -2.63. The van der Waals surface area contributed by atoms with Gasteiger partial charge in [-0.25, -0.2) is 8.78 Å². The number of non-ortho nitro benzene ring substituents is 1. The number of carbonyl (C=O) groups is 1. The minimum absolute atomic E-state index is 0.0708. The first-order valence-corrected chi connectivity index (χ1v) is 6.89. The smallest absolute Gasteiger partial charge is 0.272 e. The number of anilines is 1. The maximum absolute atomic E-state index is 12.8. The zero-order valence-electron chi connectivity index (χ0n) is 12.0. The molecule has 0 spiro atoms. The number of Topliss-reactive ketones (excluding diaryl/α,β-unsaturated/α-hetero) is 1. The molecule has 0 amide bonds. The van der Waals surface area contributed by atoms with E-state index in [4.69, 9.17) is 4.74 Å². The highest BCUT2D eigenvalue weighted by atomic mass is 19.3. The number of nitro groups is 1. The molecule has 22 heavy (non-hydrogen) atoms. The second-order valence-corrected chi connectivity index (χ2v) is 4.96. The number of morpholine rings is 1. The van der Waals surface area contributed by atoms with Crippen molar-refractivity contribution in [3.05, 3.63) is 33.9 Å². The van der Waals surface area contributed by atoms with E-state index < -0.39 is 17.5 Å². The van der Waals surface area contributed by atoms with Gasteiger partial charge in [-0.15, -0.1) is 0 Å². The van der Waals surface area contributed by atoms with Crippen LogP contribution in [0.4, 0.5) is 20.2 Å². The highest BCUT2D eigenvalue weighted by Crippen LogP contribution is 2.27. The number of hydrogen-bond acceptors (Lipinski definition) is 5. The van der Waals surface area contributed by atoms with E-state index in [0.29, 0.717) is 12.2 Å². The number of nitro benzene ring substituents is 1. The van der Waals surface area contributed by atoms with E-state index in [9.17, 15) is 23.7 Å². The zero-order chi connectivity index (χ0) is 16.3. The number of ketones is 1. The molecule has 1 fully saturated rings. The number of carbonyl (C=O) groups excluding carboxylic acids is 1. The molecule has 0 aliphatic carbocycles. The van der Waals surface area contributed by atoms with E-state index in [1.54, 1.807) is 11.8 Å². The van der Waals surface area contributed by atoms with E-state index >= 15 is 0 Å². The average molecular weight is 314 g/mol. The van der Waals surface area contributed by atoms with Crippen LogP contribution in [0.1, 0.15) is 23.7 Å². The van der Waals surface area contributed by atoms with Gasteiger partial charge in [0, 0.05) is 42.9 Å². The quantitative estimate of drug-likeness (QED) is 0.474. The van der Waals surface area contributed by atoms with Crippen LogP contribution in [-0.4, -0.2) is 42.9 Å². The Morgan fingerprint density at radius 1 is 1.50 bits per heavy atom. The third kappa shape index (κ3) is 3.56. The number of alkyl halides is 2. The van der Waals surface area contributed by atoms with E-state index in [-0.39, 0.29) is 36.6 Å². The zero-order valence-corrected chi connectivity index (χ0v) is 12.0. The summed E-state index contributed by atoms with van der Waals surface area (Å²) in [5.74, 6) is -0.233. The molecule has 0 N–H and O–H groups in total. The Hall–Kier alpha value is -2.09. The average Bonchev–Trinajstić information content (AvgIpc) is 2.53. The molecule has 1 aromatic rings. The first-order valence-electron chi connectivity index (χ1n) is 6.89. The molecule has 2 rings (SSSR count). The normalized spacial score (nSPS) is 18.5. The first kappa shape index (κ1) is 16.3. The highest BCUT2D eigenvalue weighted by Gasteiger charge is 2.29. The van der Waals surface area contributed by atoms with Crippen molar-refractivity contribution in [3.8, 4) is 0 Å². The van der Waals surface area contributed by atoms with Crippen LogP contribution in [0.25, 0.3) is 0 Å². The van der Waals surface area contributed by atoms with Gasteiger partial charge in [-0.05, 0) is 6.07 Å². The van der Waals surface area contributed by atoms with Gasteiger partial charge in [0.1, 0.15) is 6.10 Å². The Morgan fingerprint density at radius 3 is 2.82 bits per heavy atom. The van der Waals surface area contributed by atoms with E-state index in [1.165, 1.54) is 18.2 Å². The van der Waals surface area contributed by atoms with Gasteiger partial charge >= 0.3 is 0 Å². The molecule has 0 bridgehead atoms. The molecule has 0 radical (unpaired) electrons. The SMILES string of the molecule is CCC(=O)c1cc(N2CCOC(C(F)F)C2)cc([N+](=O)[O-])c1. The summed E-state index contributed by atoms with van der Waals surface area (Å²) >= 11 is 0. The molecule has 8 heteroatoms. The molecule has 120 valence electrons. The Kier molecular flexibility index (Phi) is 5.02. The van der Waals surface area contributed by atoms with Crippen molar-refractivity contribution in [3.63, 3.8) is 0 Å². The van der Waals surface area contributed by atoms with Crippen molar-refractivity contribution < 1.29 is 23.2 Å². The standard InChI is InChI=1S/C14H16F2N2O4/c1-2-12(19)9-5-10(7-11(6-9)18(20)21)17-3-4-22-13(8-17)14(15)16/h5-7,13-14H,2-4,8H2,1H3. The Bertz CT molecular complexity index is 580. The van der Waals surface area contributed by atoms with E-state index in [2.05, 4.69) is 0 Å². The van der Waals surface area contributed by atoms with Crippen molar-refractivity contribution in [2.24, 2.45) is 0 Å². The number of hydrogen-bond donors (Lipinski definition) is 0. The van der Waals surface area contributed by atoms with E-state index in [1.807, 2.05) is 0 Å². The summed E-state index contributed by atoms with van der Waals surface area (Å²) in [6.45, 7) is 2.03. The van der Waals surface area contributed by atoms with Crippen LogP contribution in [0.5, 0.6) is 0 Å². The number of nitrogens with zero attached hydrogens (tertiary/aromatic N) is 2. The molecule has 1 saturated heterocycles. The molecule has 1 aromatic carbocycles. The van der Waals surface area contributed by atoms with Crippen LogP contribution >= 0.6 is 0 Å². The molecule has 1 aliphatic heterocycles. The molecule has 1 heterocycles. The maximum Gasteiger partial charge on any atom is 0.272 e. The van der Waals surface area contributed by atoms with Gasteiger partial charge in [-0.1, -0.05) is 6.92 Å². The van der Waals surface area contributed by atoms with Crippen molar-refractivity contribution in [1.29, 1.82) is 0 Å². The summed E-state index contributed by atoms with van der Waals surface area (Å²) in [5, 5.41) is 11.0. The van der Waals surface area contributed by atoms with Crippen LogP contribution in [-0.2, 0) is 4.74 Å². The first-order chi connectivity index (χ1) is 10.4. The molecular weight excluding hydrogens is 298 g/mol. The summed E-state index contributed by atoms with van der Waals surface area (Å²) < 4.78 is 30.5. The van der Waals surface area contributed by atoms with E-state index in [0.717, 1.165) is 0 Å². The lowest BCUT2D eigenvalue weighted by Gasteiger charge is -2.34. The van der Waals surface area contributed by atoms with Gasteiger partial charge in [-0.2, -0.15) is 0 Å². The fourth-order valence-corrected chi connectivity index (χ4v) is 2.31. The predicted octanol–water partition coefficient (Wildman–Crippen LogP) is 2.66. The largest absolute Gasteiger partial charge is 0.369 e. The van der Waals surface area contributed by atoms with Crippen LogP contribution in [0.2, 0.25) is 0 Å². The molecular formula is C14H16F2N2O4. The van der Waals surface area contributed by atoms with Crippen LogP contribution in [0.15, 0.2) is 18.2 Å². The Morgan fingerprint density at radius 2 is 2.23 bits per heavy atom. The van der Waals surface area contributed by atoms with Crippen LogP contribution in [0, 0.1) is 10.1 Å². The topological polar surface area (TPSA) is 72.7 Å². The highest BCUT2D eigenvalue weighted by molar-refractivity contribution is 5.97. The van der Waals surface area contributed by atoms with Gasteiger partial charge < -0.3 is 9.64 Å². The van der Waals surface area contributed by atoms with Gasteiger partial charge in [-0.3, -0.25) is 14.9 Å². The van der Waals surface area contributed by atoms with Crippen molar-refractivity contribution in [1.82, 2.24) is 0 Å². The number of halogens is 2. The lowest BCUT2D eigenvalue weighted by molar-refractivity contribution is -0.384. The third-order valence-electron chi connectivity index (χ3n) is 3.50. The van der Waals surface area contributed by atoms with Gasteiger partial charge in [0.05, 0.1) is 11.5 Å². The van der Waals surface area contributed by atoms with Crippen LogP contribution < -0.4 is 4.90 Å². The summed E-state index contributed by atoms with van der Waals surface area (Å²) in [6.07, 6.45) is -3.65. The molecule has 0 saturated carbocycles. The Labute approximate surface area is 125 Å². The number of benzene rings is 1. The van der Waals surface area contributed by atoms with Crippen molar-refractivity contribution in [2.75, 3.05) is 24.6 Å². The molecule has 0 aromatic heterocycles. The molecule has 6 nitrogen and oxygen atoms in total. The second-order valence-electron chi connectivity index (χ2n) is 4.96. The van der Waals surface area contributed by atoms with Crippen molar-refractivity contribution in [2.45, 2.75) is 25.9 Å². The number of ether oxygens (including phenoxy) is 1. The minimum Gasteiger partial charge on any atom is -0.369 e. The molecule has 1 unspecified atom stereocenters. The Balaban J connectivity index is 2.34. The maximum atomic E-state index is 12.8. The number of rotatable bonds is 5. The summed E-state index contributed by atoms with van der Waals surface area (Å²) in [5.41, 5.74) is 0.376. The monoisotopic (exact) mass is 314 g/mol. The molecule has 1 atom stereocenters. The fraction of sp³-hybridized carbons (Fsp3) is 0.500. The van der Waals surface area contributed by atoms with Gasteiger partial charge in [0.15, 0.2) is 5.78 Å². The lowest BCUT2D eigenvalue weighted by Crippen LogP contribution is -2.45. The third-order valence-corrected chi connectivity index (χ3v) is 3.50. The molecule has 1 aliphatic rings. The van der Waals surface area contributed by atoms with Gasteiger partial charge in [0.2, 0.25) is 0 Å². The summed E-state index contributed by atoms with van der Waals surface area (Å²) in [7, 11) is 0. The summed E-state index contributed by atoms with van der Waals surface area (Å²) in [4.78, 5) is 23.8. The fourth-order valence-electron chi connectivity index (χ4n) is 2.31. The van der Waals surface area contributed by atoms with Crippen LogP contribution in [0.3, 0.4) is 0 Å². The predicted molar refractivity (Wildman–Crippen MR) is 75.7 cm³/mol. The second kappa shape index (κ2) is 6.78. The van der Waals surface area contributed by atoms with Crippen molar-refractivity contribution >= 4 is 17.2 Å². The lowest BCUT2D eigenvalue weighted by atomic mass is 10.1. The summed E-state index contributed by atoms with van der Waals surface area (Å²) in [6, 6.07) is 4.01.